The van der Waals surface area contributed by atoms with Crippen LogP contribution in [0.1, 0.15) is 17.5 Å². The molecule has 3 nitrogen and oxygen atoms in total. The minimum atomic E-state index is 0.194. The zero-order chi connectivity index (χ0) is 21.6. The van der Waals surface area contributed by atoms with Gasteiger partial charge in [0.15, 0.2) is 0 Å². The standard InChI is InChI=1S/C29H34N2O/c1-4-10-25(11-5-1)16-18-30-19-17-27-21-31(20-26-12-6-2-7-13-26)23-29(27,22-30)24-32-28-14-8-3-9-15-28/h1-15,27H,16-24H2. The summed E-state index contributed by atoms with van der Waals surface area (Å²) in [7, 11) is 0. The highest BCUT2D eigenvalue weighted by molar-refractivity contribution is 5.22. The van der Waals surface area contributed by atoms with E-state index < -0.39 is 0 Å². The Bertz CT molecular complexity index is 962. The van der Waals surface area contributed by atoms with Gasteiger partial charge in [0.2, 0.25) is 0 Å². The molecule has 0 spiro atoms. The summed E-state index contributed by atoms with van der Waals surface area (Å²) in [5.41, 5.74) is 3.03. The summed E-state index contributed by atoms with van der Waals surface area (Å²) in [6, 6.07) is 32.1. The van der Waals surface area contributed by atoms with Crippen LogP contribution in [0.4, 0.5) is 0 Å². The molecule has 0 bridgehead atoms. The zero-order valence-electron chi connectivity index (χ0n) is 18.9. The van der Waals surface area contributed by atoms with E-state index in [9.17, 15) is 0 Å². The van der Waals surface area contributed by atoms with E-state index in [0.29, 0.717) is 5.92 Å². The smallest absolute Gasteiger partial charge is 0.119 e. The Morgan fingerprint density at radius 1 is 0.750 bits per heavy atom. The molecule has 3 aromatic rings. The molecule has 3 aromatic carbocycles. The lowest BCUT2D eigenvalue weighted by Gasteiger charge is -2.44. The van der Waals surface area contributed by atoms with Crippen molar-refractivity contribution in [3.05, 3.63) is 102 Å². The second-order valence-electron chi connectivity index (χ2n) is 9.62. The summed E-state index contributed by atoms with van der Waals surface area (Å²) in [5.74, 6) is 1.69. The lowest BCUT2D eigenvalue weighted by molar-refractivity contribution is 0.0199. The number of nitrogens with zero attached hydrogens (tertiary/aromatic N) is 2. The van der Waals surface area contributed by atoms with Crippen LogP contribution >= 0.6 is 0 Å². The summed E-state index contributed by atoms with van der Waals surface area (Å²) in [5, 5.41) is 0. The fourth-order valence-electron chi connectivity index (χ4n) is 5.62. The van der Waals surface area contributed by atoms with E-state index in [1.807, 2.05) is 0 Å². The van der Waals surface area contributed by atoms with Gasteiger partial charge < -0.3 is 9.64 Å². The maximum Gasteiger partial charge on any atom is 0.119 e. The molecule has 0 radical (unpaired) electrons. The maximum atomic E-state index is 6.41. The Labute approximate surface area is 192 Å². The van der Waals surface area contributed by atoms with Crippen molar-refractivity contribution in [3.63, 3.8) is 0 Å². The molecule has 2 fully saturated rings. The van der Waals surface area contributed by atoms with Crippen molar-refractivity contribution < 1.29 is 4.74 Å². The summed E-state index contributed by atoms with van der Waals surface area (Å²) >= 11 is 0. The molecule has 0 saturated carbocycles. The van der Waals surface area contributed by atoms with Crippen LogP contribution < -0.4 is 4.74 Å². The number of para-hydroxylation sites is 1. The fourth-order valence-corrected chi connectivity index (χ4v) is 5.62. The molecule has 0 N–H and O–H groups in total. The SMILES string of the molecule is c1ccc(CCN2CCC3CN(Cc4ccccc4)CC3(COc3ccccc3)C2)cc1. The summed E-state index contributed by atoms with van der Waals surface area (Å²) in [6.07, 6.45) is 2.38. The van der Waals surface area contributed by atoms with Crippen LogP contribution in [-0.2, 0) is 13.0 Å². The first-order valence-corrected chi connectivity index (χ1v) is 12.0. The molecule has 0 aromatic heterocycles. The largest absolute Gasteiger partial charge is 0.493 e. The van der Waals surface area contributed by atoms with Gasteiger partial charge in [-0.1, -0.05) is 78.9 Å². The first-order valence-electron chi connectivity index (χ1n) is 12.0. The van der Waals surface area contributed by atoms with Crippen molar-refractivity contribution in [2.24, 2.45) is 11.3 Å². The number of rotatable bonds is 8. The Balaban J connectivity index is 1.29. The van der Waals surface area contributed by atoms with Crippen LogP contribution in [-0.4, -0.2) is 49.1 Å². The third kappa shape index (κ3) is 5.06. The van der Waals surface area contributed by atoms with E-state index in [0.717, 1.165) is 45.0 Å². The van der Waals surface area contributed by atoms with Gasteiger partial charge >= 0.3 is 0 Å². The highest BCUT2D eigenvalue weighted by atomic mass is 16.5. The van der Waals surface area contributed by atoms with Crippen molar-refractivity contribution in [1.82, 2.24) is 9.80 Å². The number of piperidine rings is 1. The molecule has 2 aliphatic rings. The number of benzene rings is 3. The lowest BCUT2D eigenvalue weighted by atomic mass is 9.74. The minimum Gasteiger partial charge on any atom is -0.493 e. The van der Waals surface area contributed by atoms with Crippen molar-refractivity contribution in [2.45, 2.75) is 19.4 Å². The first kappa shape index (κ1) is 21.2. The van der Waals surface area contributed by atoms with Crippen molar-refractivity contribution in [3.8, 4) is 5.75 Å². The molecule has 0 amide bonds. The molecule has 0 aliphatic carbocycles. The highest BCUT2D eigenvalue weighted by Gasteiger charge is 2.50. The van der Waals surface area contributed by atoms with Gasteiger partial charge in [-0.15, -0.1) is 0 Å². The van der Waals surface area contributed by atoms with Gasteiger partial charge in [-0.25, -0.2) is 0 Å². The van der Waals surface area contributed by atoms with E-state index in [-0.39, 0.29) is 5.41 Å². The van der Waals surface area contributed by atoms with E-state index in [1.165, 1.54) is 30.6 Å². The van der Waals surface area contributed by atoms with Crippen molar-refractivity contribution in [2.75, 3.05) is 39.3 Å². The van der Waals surface area contributed by atoms with Gasteiger partial charge in [-0.2, -0.15) is 0 Å². The Hall–Kier alpha value is -2.62. The Kier molecular flexibility index (Phi) is 6.56. The van der Waals surface area contributed by atoms with Gasteiger partial charge in [0.1, 0.15) is 5.75 Å². The third-order valence-electron chi connectivity index (χ3n) is 7.29. The number of hydrogen-bond donors (Lipinski definition) is 0. The number of fused-ring (bicyclic) bond motifs is 1. The molecule has 2 atom stereocenters. The van der Waals surface area contributed by atoms with Crippen LogP contribution in [0.25, 0.3) is 0 Å². The van der Waals surface area contributed by atoms with Gasteiger partial charge in [0, 0.05) is 38.1 Å². The summed E-state index contributed by atoms with van der Waals surface area (Å²) in [4.78, 5) is 5.35. The van der Waals surface area contributed by atoms with Crippen molar-refractivity contribution >= 4 is 0 Å². The molecular formula is C29H34N2O. The maximum absolute atomic E-state index is 6.41. The van der Waals surface area contributed by atoms with Crippen LogP contribution in [0.2, 0.25) is 0 Å². The van der Waals surface area contributed by atoms with E-state index in [1.54, 1.807) is 0 Å². The second kappa shape index (κ2) is 9.89. The second-order valence-corrected chi connectivity index (χ2v) is 9.62. The normalized spacial score (nSPS) is 23.7. The predicted molar refractivity (Wildman–Crippen MR) is 131 cm³/mol. The van der Waals surface area contributed by atoms with Gasteiger partial charge in [-0.3, -0.25) is 4.90 Å². The van der Waals surface area contributed by atoms with Gasteiger partial charge in [-0.05, 0) is 48.6 Å². The van der Waals surface area contributed by atoms with Crippen LogP contribution in [0.5, 0.6) is 5.75 Å². The molecule has 3 heteroatoms. The molecule has 32 heavy (non-hydrogen) atoms. The van der Waals surface area contributed by atoms with Crippen LogP contribution in [0.15, 0.2) is 91.0 Å². The van der Waals surface area contributed by atoms with E-state index in [2.05, 4.69) is 101 Å². The van der Waals surface area contributed by atoms with Gasteiger partial charge in [0.25, 0.3) is 0 Å². The number of hydrogen-bond acceptors (Lipinski definition) is 3. The molecule has 2 heterocycles. The molecular weight excluding hydrogens is 392 g/mol. The molecule has 2 saturated heterocycles. The van der Waals surface area contributed by atoms with Crippen LogP contribution in [0.3, 0.4) is 0 Å². The molecule has 2 unspecified atom stereocenters. The van der Waals surface area contributed by atoms with Crippen molar-refractivity contribution in [1.29, 1.82) is 0 Å². The quantitative estimate of drug-likeness (QED) is 0.496. The monoisotopic (exact) mass is 426 g/mol. The lowest BCUT2D eigenvalue weighted by Crippen LogP contribution is -2.52. The average Bonchev–Trinajstić information content (AvgIpc) is 3.21. The number of ether oxygens (including phenoxy) is 1. The highest BCUT2D eigenvalue weighted by Crippen LogP contribution is 2.43. The third-order valence-corrected chi connectivity index (χ3v) is 7.29. The molecule has 2 aliphatic heterocycles. The Morgan fingerprint density at radius 2 is 1.38 bits per heavy atom. The zero-order valence-corrected chi connectivity index (χ0v) is 18.9. The minimum absolute atomic E-state index is 0.194. The van der Waals surface area contributed by atoms with E-state index in [4.69, 9.17) is 4.74 Å². The summed E-state index contributed by atoms with van der Waals surface area (Å²) < 4.78 is 6.41. The Morgan fingerprint density at radius 3 is 2.09 bits per heavy atom. The van der Waals surface area contributed by atoms with Crippen LogP contribution in [0, 0.1) is 11.3 Å². The molecule has 166 valence electrons. The summed E-state index contributed by atoms with van der Waals surface area (Å²) in [6.45, 7) is 7.58. The number of likely N-dealkylation sites (tertiary alicyclic amines) is 2. The average molecular weight is 427 g/mol. The predicted octanol–water partition coefficient (Wildman–Crippen LogP) is 5.13. The molecule has 5 rings (SSSR count). The van der Waals surface area contributed by atoms with Gasteiger partial charge in [0.05, 0.1) is 6.61 Å². The fraction of sp³-hybridized carbons (Fsp3) is 0.379. The first-order chi connectivity index (χ1) is 15.8. The topological polar surface area (TPSA) is 15.7 Å². The van der Waals surface area contributed by atoms with E-state index >= 15 is 0 Å².